The van der Waals surface area contributed by atoms with Crippen LogP contribution in [-0.2, 0) is 9.53 Å². The molecule has 0 fully saturated rings. The fraction of sp³-hybridized carbons (Fsp3) is 0.105. The van der Waals surface area contributed by atoms with Crippen molar-refractivity contribution in [3.63, 3.8) is 0 Å². The fourth-order valence-corrected chi connectivity index (χ4v) is 4.07. The summed E-state index contributed by atoms with van der Waals surface area (Å²) in [6.45, 7) is -0.867. The SMILES string of the molecule is O=C(CNC(=O)c1sc2ccccc2c1Cl)OCC(=O)c1ccc(Cl)c(Cl)c1. The van der Waals surface area contributed by atoms with Crippen LogP contribution in [0.4, 0.5) is 0 Å². The number of carbonyl (C=O) groups is 3. The molecule has 28 heavy (non-hydrogen) atoms. The minimum Gasteiger partial charge on any atom is -0.456 e. The van der Waals surface area contributed by atoms with Gasteiger partial charge in [0, 0.05) is 15.6 Å². The number of thiophene rings is 1. The summed E-state index contributed by atoms with van der Waals surface area (Å²) in [7, 11) is 0. The van der Waals surface area contributed by atoms with Gasteiger partial charge in [-0.2, -0.15) is 0 Å². The first-order chi connectivity index (χ1) is 13.4. The quantitative estimate of drug-likeness (QED) is 0.418. The molecule has 0 spiro atoms. The normalized spacial score (nSPS) is 10.7. The Kier molecular flexibility index (Phi) is 6.57. The Morgan fingerprint density at radius 2 is 1.75 bits per heavy atom. The van der Waals surface area contributed by atoms with Crippen LogP contribution in [0.25, 0.3) is 10.1 Å². The van der Waals surface area contributed by atoms with Crippen molar-refractivity contribution in [3.05, 3.63) is 68.0 Å². The van der Waals surface area contributed by atoms with E-state index in [2.05, 4.69) is 5.32 Å². The molecule has 0 aliphatic rings. The Balaban J connectivity index is 1.53. The molecule has 0 aliphatic heterocycles. The van der Waals surface area contributed by atoms with Crippen LogP contribution in [0.3, 0.4) is 0 Å². The van der Waals surface area contributed by atoms with Crippen LogP contribution in [0, 0.1) is 0 Å². The van der Waals surface area contributed by atoms with Crippen LogP contribution in [0.5, 0.6) is 0 Å². The number of amides is 1. The number of fused-ring (bicyclic) bond motifs is 1. The average molecular weight is 457 g/mol. The van der Waals surface area contributed by atoms with Crippen LogP contribution in [0.2, 0.25) is 15.1 Å². The van der Waals surface area contributed by atoms with E-state index in [0.29, 0.717) is 14.9 Å². The maximum Gasteiger partial charge on any atom is 0.325 e. The molecule has 3 aromatic rings. The lowest BCUT2D eigenvalue weighted by atomic mass is 10.1. The van der Waals surface area contributed by atoms with Crippen molar-refractivity contribution < 1.29 is 19.1 Å². The van der Waals surface area contributed by atoms with E-state index in [9.17, 15) is 14.4 Å². The van der Waals surface area contributed by atoms with Crippen LogP contribution in [0.1, 0.15) is 20.0 Å². The minimum absolute atomic E-state index is 0.228. The second kappa shape index (κ2) is 8.92. The third-order valence-electron chi connectivity index (χ3n) is 3.74. The van der Waals surface area contributed by atoms with Gasteiger partial charge in [0.1, 0.15) is 11.4 Å². The number of ketones is 1. The summed E-state index contributed by atoms with van der Waals surface area (Å²) in [6, 6.07) is 11.7. The van der Waals surface area contributed by atoms with Crippen LogP contribution >= 0.6 is 46.1 Å². The number of ether oxygens (including phenoxy) is 1. The molecule has 1 aromatic heterocycles. The maximum atomic E-state index is 12.3. The van der Waals surface area contributed by atoms with Crippen LogP contribution in [0.15, 0.2) is 42.5 Å². The lowest BCUT2D eigenvalue weighted by Gasteiger charge is -2.06. The second-order valence-corrected chi connectivity index (χ2v) is 7.88. The molecule has 1 amide bonds. The molecular weight excluding hydrogens is 445 g/mol. The number of esters is 1. The zero-order valence-corrected chi connectivity index (χ0v) is 17.2. The van der Waals surface area contributed by atoms with Crippen molar-refractivity contribution >= 4 is 73.9 Å². The van der Waals surface area contributed by atoms with E-state index in [4.69, 9.17) is 39.5 Å². The molecule has 0 bridgehead atoms. The van der Waals surface area contributed by atoms with Crippen molar-refractivity contribution in [2.24, 2.45) is 0 Å². The van der Waals surface area contributed by atoms with Gasteiger partial charge in [-0.25, -0.2) is 0 Å². The lowest BCUT2D eigenvalue weighted by molar-refractivity contribution is -0.141. The van der Waals surface area contributed by atoms with Gasteiger partial charge in [0.15, 0.2) is 12.4 Å². The van der Waals surface area contributed by atoms with Crippen molar-refractivity contribution in [2.45, 2.75) is 0 Å². The Hall–Kier alpha value is -2.12. The molecule has 0 saturated heterocycles. The van der Waals surface area contributed by atoms with Crippen LogP contribution in [-0.4, -0.2) is 30.8 Å². The molecule has 0 unspecified atom stereocenters. The number of hydrogen-bond donors (Lipinski definition) is 1. The van der Waals surface area contributed by atoms with Gasteiger partial charge in [-0.05, 0) is 24.3 Å². The predicted octanol–water partition coefficient (Wildman–Crippen LogP) is 5.02. The van der Waals surface area contributed by atoms with E-state index in [1.165, 1.54) is 29.5 Å². The molecule has 1 N–H and O–H groups in total. The Morgan fingerprint density at radius 1 is 1.00 bits per heavy atom. The molecular formula is C19H12Cl3NO4S. The summed E-state index contributed by atoms with van der Waals surface area (Å²) in [6.07, 6.45) is 0. The smallest absolute Gasteiger partial charge is 0.325 e. The number of Topliss-reactive ketones (excluding diaryl/α,β-unsaturated/α-hetero) is 1. The highest BCUT2D eigenvalue weighted by Crippen LogP contribution is 2.34. The Bertz CT molecular complexity index is 1080. The van der Waals surface area contributed by atoms with Gasteiger partial charge in [0.2, 0.25) is 0 Å². The average Bonchev–Trinajstić information content (AvgIpc) is 3.03. The highest BCUT2D eigenvalue weighted by atomic mass is 35.5. The highest BCUT2D eigenvalue weighted by Gasteiger charge is 2.18. The molecule has 0 saturated carbocycles. The second-order valence-electron chi connectivity index (χ2n) is 5.64. The number of carbonyl (C=O) groups excluding carboxylic acids is 3. The van der Waals surface area contributed by atoms with E-state index in [-0.39, 0.29) is 10.6 Å². The van der Waals surface area contributed by atoms with E-state index in [0.717, 1.165) is 10.1 Å². The first kappa shape index (κ1) is 20.6. The number of nitrogens with one attached hydrogen (secondary N) is 1. The first-order valence-corrected chi connectivity index (χ1v) is 9.91. The van der Waals surface area contributed by atoms with E-state index < -0.39 is 30.8 Å². The zero-order chi connectivity index (χ0) is 20.3. The number of halogens is 3. The van der Waals surface area contributed by atoms with Gasteiger partial charge >= 0.3 is 5.97 Å². The highest BCUT2D eigenvalue weighted by molar-refractivity contribution is 7.21. The summed E-state index contributed by atoms with van der Waals surface area (Å²) >= 11 is 19.1. The number of hydrogen-bond acceptors (Lipinski definition) is 5. The van der Waals surface area contributed by atoms with Crippen LogP contribution < -0.4 is 5.32 Å². The topological polar surface area (TPSA) is 72.5 Å². The number of benzene rings is 2. The standard InChI is InChI=1S/C19H12Cl3NO4S/c20-12-6-5-10(7-13(12)21)14(24)9-27-16(25)8-23-19(26)18-17(22)11-3-1-2-4-15(11)28-18/h1-7H,8-9H2,(H,23,26). The molecule has 5 nitrogen and oxygen atoms in total. The van der Waals surface area contributed by atoms with Crippen molar-refractivity contribution in [1.82, 2.24) is 5.32 Å². The van der Waals surface area contributed by atoms with Crippen molar-refractivity contribution in [3.8, 4) is 0 Å². The van der Waals surface area contributed by atoms with Gasteiger partial charge in [0.05, 0.1) is 15.1 Å². The molecule has 0 atom stereocenters. The summed E-state index contributed by atoms with van der Waals surface area (Å²) < 4.78 is 5.76. The van der Waals surface area contributed by atoms with Gasteiger partial charge in [-0.1, -0.05) is 53.0 Å². The monoisotopic (exact) mass is 455 g/mol. The Morgan fingerprint density at radius 3 is 2.46 bits per heavy atom. The van der Waals surface area contributed by atoms with Gasteiger partial charge in [0.25, 0.3) is 5.91 Å². The molecule has 1 heterocycles. The molecule has 0 radical (unpaired) electrons. The third-order valence-corrected chi connectivity index (χ3v) is 6.15. The van der Waals surface area contributed by atoms with E-state index in [1.54, 1.807) is 0 Å². The zero-order valence-electron chi connectivity index (χ0n) is 14.1. The fourth-order valence-electron chi connectivity index (χ4n) is 2.34. The summed E-state index contributed by atoms with van der Waals surface area (Å²) in [5.74, 6) is -1.68. The first-order valence-electron chi connectivity index (χ1n) is 7.96. The molecule has 3 rings (SSSR count). The summed E-state index contributed by atoms with van der Waals surface area (Å²) in [4.78, 5) is 36.5. The summed E-state index contributed by atoms with van der Waals surface area (Å²) in [5, 5.41) is 4.10. The predicted molar refractivity (Wildman–Crippen MR) is 111 cm³/mol. The molecule has 0 aliphatic carbocycles. The molecule has 9 heteroatoms. The maximum absolute atomic E-state index is 12.3. The van der Waals surface area contributed by atoms with Gasteiger partial charge in [-0.15, -0.1) is 11.3 Å². The number of rotatable bonds is 6. The van der Waals surface area contributed by atoms with E-state index >= 15 is 0 Å². The summed E-state index contributed by atoms with van der Waals surface area (Å²) in [5.41, 5.74) is 0.267. The Labute approximate surface area is 179 Å². The molecule has 144 valence electrons. The van der Waals surface area contributed by atoms with Gasteiger partial charge in [-0.3, -0.25) is 14.4 Å². The minimum atomic E-state index is -0.751. The molecule has 2 aromatic carbocycles. The van der Waals surface area contributed by atoms with Crippen molar-refractivity contribution in [2.75, 3.05) is 13.2 Å². The lowest BCUT2D eigenvalue weighted by Crippen LogP contribution is -2.31. The largest absolute Gasteiger partial charge is 0.456 e. The van der Waals surface area contributed by atoms with E-state index in [1.807, 2.05) is 24.3 Å². The third kappa shape index (κ3) is 4.64. The van der Waals surface area contributed by atoms with Gasteiger partial charge < -0.3 is 10.1 Å². The van der Waals surface area contributed by atoms with Crippen molar-refractivity contribution in [1.29, 1.82) is 0 Å².